The second kappa shape index (κ2) is 11.1. The van der Waals surface area contributed by atoms with Crippen LogP contribution in [0.3, 0.4) is 0 Å². The van der Waals surface area contributed by atoms with Crippen molar-refractivity contribution >= 4 is 36.0 Å². The van der Waals surface area contributed by atoms with E-state index in [1.54, 1.807) is 4.90 Å². The number of nitrogens with one attached hydrogen (secondary N) is 2. The zero-order valence-electron chi connectivity index (χ0n) is 20.9. The summed E-state index contributed by atoms with van der Waals surface area (Å²) in [6.45, 7) is 18.1. The van der Waals surface area contributed by atoms with E-state index in [1.807, 2.05) is 41.5 Å². The van der Waals surface area contributed by atoms with Crippen LogP contribution >= 0.6 is 24.0 Å². The van der Waals surface area contributed by atoms with Gasteiger partial charge in [-0.2, -0.15) is 0 Å². The maximum atomic E-state index is 12.9. The quantitative estimate of drug-likeness (QED) is 0.292. The molecule has 9 heteroatoms. The van der Waals surface area contributed by atoms with Gasteiger partial charge in [-0.05, 0) is 80.2 Å². The Labute approximate surface area is 211 Å². The molecule has 8 nitrogen and oxygen atoms in total. The number of amides is 1. The first-order chi connectivity index (χ1) is 14.5. The zero-order chi connectivity index (χ0) is 22.8. The summed E-state index contributed by atoms with van der Waals surface area (Å²) < 4.78 is 11.8. The lowest BCUT2D eigenvalue weighted by molar-refractivity contribution is -0.0755. The van der Waals surface area contributed by atoms with Gasteiger partial charge in [-0.1, -0.05) is 0 Å². The van der Waals surface area contributed by atoms with E-state index in [0.717, 1.165) is 25.1 Å². The van der Waals surface area contributed by atoms with Gasteiger partial charge in [0.25, 0.3) is 0 Å². The maximum absolute atomic E-state index is 12.9. The fourth-order valence-corrected chi connectivity index (χ4v) is 4.67. The van der Waals surface area contributed by atoms with Gasteiger partial charge in [0.2, 0.25) is 0 Å². The number of nitrogens with zero attached hydrogens (tertiary/aromatic N) is 3. The van der Waals surface area contributed by atoms with Crippen LogP contribution in [0.15, 0.2) is 4.99 Å². The first-order valence-corrected chi connectivity index (χ1v) is 12.0. The van der Waals surface area contributed by atoms with E-state index in [4.69, 9.17) is 14.5 Å². The molecule has 3 aliphatic rings. The van der Waals surface area contributed by atoms with Gasteiger partial charge in [-0.25, -0.2) is 4.79 Å². The first-order valence-electron chi connectivity index (χ1n) is 12.0. The van der Waals surface area contributed by atoms with Crippen LogP contribution in [0.1, 0.15) is 67.7 Å². The van der Waals surface area contributed by atoms with Crippen molar-refractivity contribution in [3.05, 3.63) is 0 Å². The number of ether oxygens (including phenoxy) is 2. The molecule has 0 radical (unpaired) electrons. The summed E-state index contributed by atoms with van der Waals surface area (Å²) in [5.41, 5.74) is -1.28. The molecule has 0 spiro atoms. The fourth-order valence-electron chi connectivity index (χ4n) is 4.67. The molecule has 2 heterocycles. The van der Waals surface area contributed by atoms with Crippen molar-refractivity contribution in [2.24, 2.45) is 10.9 Å². The summed E-state index contributed by atoms with van der Waals surface area (Å²) >= 11 is 0. The van der Waals surface area contributed by atoms with E-state index >= 15 is 0 Å². The number of likely N-dealkylation sites (tertiary alicyclic amines) is 1. The van der Waals surface area contributed by atoms with E-state index < -0.39 is 11.3 Å². The van der Waals surface area contributed by atoms with E-state index in [1.165, 1.54) is 32.4 Å². The van der Waals surface area contributed by atoms with Gasteiger partial charge in [-0.3, -0.25) is 9.89 Å². The third-order valence-electron chi connectivity index (χ3n) is 6.23. The molecular formula is C23H44IN5O3. The van der Waals surface area contributed by atoms with Crippen LogP contribution in [-0.2, 0) is 9.47 Å². The summed E-state index contributed by atoms with van der Waals surface area (Å²) in [4.78, 5) is 22.1. The topological polar surface area (TPSA) is 78.4 Å². The number of hydrogen-bond acceptors (Lipinski definition) is 5. The number of guanidine groups is 1. The van der Waals surface area contributed by atoms with Crippen molar-refractivity contribution in [3.8, 4) is 0 Å². The third kappa shape index (κ3) is 7.35. The van der Waals surface area contributed by atoms with Gasteiger partial charge in [0.1, 0.15) is 11.3 Å². The predicted molar refractivity (Wildman–Crippen MR) is 139 cm³/mol. The molecule has 0 aromatic heterocycles. The molecule has 3 rings (SSSR count). The largest absolute Gasteiger partial charge is 0.444 e. The smallest absolute Gasteiger partial charge is 0.412 e. The van der Waals surface area contributed by atoms with Gasteiger partial charge in [-0.15, -0.1) is 24.0 Å². The number of hydrogen-bond donors (Lipinski definition) is 2. The Morgan fingerprint density at radius 3 is 2.50 bits per heavy atom. The van der Waals surface area contributed by atoms with Crippen LogP contribution in [0, 0.1) is 5.92 Å². The Morgan fingerprint density at radius 1 is 1.22 bits per heavy atom. The molecule has 0 aromatic rings. The van der Waals surface area contributed by atoms with Crippen molar-refractivity contribution < 1.29 is 14.3 Å². The Kier molecular flexibility index (Phi) is 9.50. The van der Waals surface area contributed by atoms with Crippen LogP contribution < -0.4 is 10.6 Å². The van der Waals surface area contributed by atoms with E-state index in [9.17, 15) is 4.79 Å². The first kappa shape index (κ1) is 27.4. The van der Waals surface area contributed by atoms with E-state index in [2.05, 4.69) is 22.5 Å². The van der Waals surface area contributed by atoms with Crippen molar-refractivity contribution in [1.29, 1.82) is 0 Å². The monoisotopic (exact) mass is 565 g/mol. The molecule has 0 aromatic carbocycles. The standard InChI is InChI=1S/C23H43N5O3.HI/c1-8-24-20(25-13-17-11-12-27(15-17)18-9-10-18)26-14-19-16(2)30-23(6,7)28(19)21(29)31-22(3,4)5;/h16-19H,8-15H2,1-7H3,(H2,24,25,26);1H. The zero-order valence-corrected chi connectivity index (χ0v) is 23.3. The summed E-state index contributed by atoms with van der Waals surface area (Å²) in [6.07, 6.45) is 3.51. The molecule has 32 heavy (non-hydrogen) atoms. The van der Waals surface area contributed by atoms with Gasteiger partial charge < -0.3 is 25.0 Å². The maximum Gasteiger partial charge on any atom is 0.412 e. The van der Waals surface area contributed by atoms with E-state index in [0.29, 0.717) is 12.5 Å². The fraction of sp³-hybridized carbons (Fsp3) is 0.913. The SMILES string of the molecule is CCNC(=NCC1CCN(C2CC2)C1)NCC1C(C)OC(C)(C)N1C(=O)OC(C)(C)C.I. The molecule has 1 amide bonds. The lowest BCUT2D eigenvalue weighted by Gasteiger charge is -2.35. The highest BCUT2D eigenvalue weighted by Gasteiger charge is 2.49. The molecule has 186 valence electrons. The number of halogens is 1. The van der Waals surface area contributed by atoms with Crippen LogP contribution in [0.25, 0.3) is 0 Å². The molecule has 2 saturated heterocycles. The molecule has 2 aliphatic heterocycles. The minimum atomic E-state index is -0.723. The Hall–Kier alpha value is -0.810. The van der Waals surface area contributed by atoms with Crippen molar-refractivity contribution in [2.75, 3.05) is 32.7 Å². The molecule has 0 bridgehead atoms. The summed E-state index contributed by atoms with van der Waals surface area (Å²) in [5.74, 6) is 1.43. The molecule has 3 atom stereocenters. The van der Waals surface area contributed by atoms with Crippen LogP contribution in [0.5, 0.6) is 0 Å². The van der Waals surface area contributed by atoms with Gasteiger partial charge in [0.05, 0.1) is 12.1 Å². The Bertz CT molecular complexity index is 663. The Morgan fingerprint density at radius 2 is 1.91 bits per heavy atom. The van der Waals surface area contributed by atoms with Crippen LogP contribution in [0.4, 0.5) is 4.79 Å². The highest BCUT2D eigenvalue weighted by atomic mass is 127. The summed E-state index contributed by atoms with van der Waals surface area (Å²) in [7, 11) is 0. The van der Waals surface area contributed by atoms with Gasteiger partial charge in [0, 0.05) is 32.2 Å². The van der Waals surface area contributed by atoms with Gasteiger partial charge >= 0.3 is 6.09 Å². The predicted octanol–water partition coefficient (Wildman–Crippen LogP) is 3.40. The molecule has 1 aliphatic carbocycles. The third-order valence-corrected chi connectivity index (χ3v) is 6.23. The second-order valence-electron chi connectivity index (χ2n) is 10.7. The number of rotatable bonds is 6. The Balaban J connectivity index is 0.00000363. The normalized spacial score (nSPS) is 28.4. The lowest BCUT2D eigenvalue weighted by atomic mass is 10.1. The van der Waals surface area contributed by atoms with Crippen LogP contribution in [-0.4, -0.2) is 84.1 Å². The number of aliphatic imine (C=N–C) groups is 1. The van der Waals surface area contributed by atoms with E-state index in [-0.39, 0.29) is 42.2 Å². The highest BCUT2D eigenvalue weighted by Crippen LogP contribution is 2.33. The minimum absolute atomic E-state index is 0. The van der Waals surface area contributed by atoms with Gasteiger partial charge in [0.15, 0.2) is 5.96 Å². The summed E-state index contributed by atoms with van der Waals surface area (Å²) in [5, 5.41) is 6.79. The summed E-state index contributed by atoms with van der Waals surface area (Å²) in [6, 6.07) is 0.692. The lowest BCUT2D eigenvalue weighted by Crippen LogP contribution is -2.54. The molecule has 3 fully saturated rings. The minimum Gasteiger partial charge on any atom is -0.444 e. The average Bonchev–Trinajstić information content (AvgIpc) is 3.32. The van der Waals surface area contributed by atoms with Crippen molar-refractivity contribution in [3.63, 3.8) is 0 Å². The highest BCUT2D eigenvalue weighted by molar-refractivity contribution is 14.0. The number of carbonyl (C=O) groups excluding carboxylic acids is 1. The molecular weight excluding hydrogens is 521 g/mol. The second-order valence-corrected chi connectivity index (χ2v) is 10.7. The average molecular weight is 566 g/mol. The molecule has 2 N–H and O–H groups in total. The molecule has 3 unspecified atom stereocenters. The molecule has 1 saturated carbocycles. The van der Waals surface area contributed by atoms with Crippen molar-refractivity contribution in [2.45, 2.75) is 97.2 Å². The van der Waals surface area contributed by atoms with Crippen molar-refractivity contribution in [1.82, 2.24) is 20.4 Å². The number of carbonyl (C=O) groups is 1. The van der Waals surface area contributed by atoms with Crippen LogP contribution in [0.2, 0.25) is 0 Å².